The van der Waals surface area contributed by atoms with Gasteiger partial charge in [-0.05, 0) is 31.5 Å². The summed E-state index contributed by atoms with van der Waals surface area (Å²) in [5.74, 6) is 1.13. The number of rotatable bonds is 4. The number of aliphatic hydroxyl groups is 1. The molecule has 0 amide bonds. The Morgan fingerprint density at radius 3 is 2.95 bits per heavy atom. The van der Waals surface area contributed by atoms with Gasteiger partial charge in [0.25, 0.3) is 0 Å². The molecule has 1 aliphatic rings. The van der Waals surface area contributed by atoms with Crippen LogP contribution in [0.2, 0.25) is 0 Å². The number of hydrogen-bond acceptors (Lipinski definition) is 3. The van der Waals surface area contributed by atoms with E-state index < -0.39 is 0 Å². The average molecular weight is 259 g/mol. The first kappa shape index (κ1) is 12.6. The second kappa shape index (κ2) is 4.94. The summed E-state index contributed by atoms with van der Waals surface area (Å²) >= 11 is 0. The molecule has 102 valence electrons. The van der Waals surface area contributed by atoms with Crippen molar-refractivity contribution in [3.63, 3.8) is 0 Å². The fourth-order valence-corrected chi connectivity index (χ4v) is 3.20. The van der Waals surface area contributed by atoms with Crippen LogP contribution in [0.1, 0.15) is 25.6 Å². The van der Waals surface area contributed by atoms with Crippen molar-refractivity contribution in [3.8, 4) is 0 Å². The van der Waals surface area contributed by atoms with Gasteiger partial charge in [0, 0.05) is 18.5 Å². The maximum atomic E-state index is 9.36. The summed E-state index contributed by atoms with van der Waals surface area (Å²) in [7, 11) is 0. The topological polar surface area (TPSA) is 50.1 Å². The van der Waals surface area contributed by atoms with Crippen LogP contribution in [0.25, 0.3) is 11.0 Å². The highest BCUT2D eigenvalue weighted by molar-refractivity contribution is 5.76. The van der Waals surface area contributed by atoms with Crippen LogP contribution in [0.4, 0.5) is 0 Å². The van der Waals surface area contributed by atoms with Crippen molar-refractivity contribution in [2.45, 2.75) is 31.7 Å². The molecule has 1 aliphatic heterocycles. The number of hydrogen-bond donors (Lipinski definition) is 2. The summed E-state index contributed by atoms with van der Waals surface area (Å²) in [5.41, 5.74) is 2.28. The summed E-state index contributed by atoms with van der Waals surface area (Å²) < 4.78 is 2.20. The van der Waals surface area contributed by atoms with Crippen LogP contribution < -0.4 is 5.32 Å². The van der Waals surface area contributed by atoms with Crippen LogP contribution >= 0.6 is 0 Å². The number of fused-ring (bicyclic) bond motifs is 1. The zero-order valence-corrected chi connectivity index (χ0v) is 11.4. The third-order valence-electron chi connectivity index (χ3n) is 4.37. The van der Waals surface area contributed by atoms with Gasteiger partial charge in [-0.1, -0.05) is 19.1 Å². The first-order valence-electron chi connectivity index (χ1n) is 7.08. The Hall–Kier alpha value is -1.39. The van der Waals surface area contributed by atoms with E-state index in [0.717, 1.165) is 42.8 Å². The van der Waals surface area contributed by atoms with E-state index in [2.05, 4.69) is 28.9 Å². The van der Waals surface area contributed by atoms with Crippen LogP contribution in [0, 0.1) is 0 Å². The average Bonchev–Trinajstić information content (AvgIpc) is 3.05. The lowest BCUT2D eigenvalue weighted by Crippen LogP contribution is -2.32. The second-order valence-corrected chi connectivity index (χ2v) is 5.36. The number of nitrogens with one attached hydrogen (secondary N) is 1. The van der Waals surface area contributed by atoms with Crippen LogP contribution in [0.3, 0.4) is 0 Å². The van der Waals surface area contributed by atoms with Crippen LogP contribution in [0.5, 0.6) is 0 Å². The molecule has 1 atom stereocenters. The number of benzene rings is 1. The predicted octanol–water partition coefficient (Wildman–Crippen LogP) is 1.67. The molecule has 0 aliphatic carbocycles. The highest BCUT2D eigenvalue weighted by Crippen LogP contribution is 2.35. The third kappa shape index (κ3) is 1.95. The minimum absolute atomic E-state index is 0.119. The maximum absolute atomic E-state index is 9.36. The first-order valence-corrected chi connectivity index (χ1v) is 7.08. The standard InChI is InChI=1S/C15H21N3O/c1-2-15(7-8-16-11-15)14-17-12-5-3-4-6-13(12)18(14)9-10-19/h3-6,16,19H,2,7-11H2,1H3. The van der Waals surface area contributed by atoms with Crippen LogP contribution in [0.15, 0.2) is 24.3 Å². The van der Waals surface area contributed by atoms with Crippen molar-refractivity contribution in [3.05, 3.63) is 30.1 Å². The Morgan fingerprint density at radius 1 is 1.42 bits per heavy atom. The molecular formula is C15H21N3O. The molecule has 1 aromatic heterocycles. The molecule has 1 unspecified atom stereocenters. The van der Waals surface area contributed by atoms with Crippen molar-refractivity contribution in [1.29, 1.82) is 0 Å². The third-order valence-corrected chi connectivity index (χ3v) is 4.37. The van der Waals surface area contributed by atoms with E-state index in [1.165, 1.54) is 0 Å². The Balaban J connectivity index is 2.18. The summed E-state index contributed by atoms with van der Waals surface area (Å²) in [6.45, 7) is 5.04. The minimum atomic E-state index is 0.119. The molecule has 2 aromatic rings. The summed E-state index contributed by atoms with van der Waals surface area (Å²) in [4.78, 5) is 4.87. The molecule has 19 heavy (non-hydrogen) atoms. The van der Waals surface area contributed by atoms with Gasteiger partial charge in [-0.25, -0.2) is 4.98 Å². The number of aliphatic hydroxyl groups excluding tert-OH is 1. The number of aromatic nitrogens is 2. The summed E-state index contributed by atoms with van der Waals surface area (Å²) in [6, 6.07) is 8.20. The molecule has 1 fully saturated rings. The predicted molar refractivity (Wildman–Crippen MR) is 76.3 cm³/mol. The lowest BCUT2D eigenvalue weighted by molar-refractivity contribution is 0.270. The van der Waals surface area contributed by atoms with Gasteiger partial charge < -0.3 is 15.0 Å². The lowest BCUT2D eigenvalue weighted by atomic mass is 9.83. The van der Waals surface area contributed by atoms with Gasteiger partial charge in [-0.2, -0.15) is 0 Å². The fourth-order valence-electron chi connectivity index (χ4n) is 3.20. The zero-order chi connectivity index (χ0) is 13.3. The molecular weight excluding hydrogens is 238 g/mol. The van der Waals surface area contributed by atoms with E-state index in [9.17, 15) is 5.11 Å². The molecule has 1 saturated heterocycles. The van der Waals surface area contributed by atoms with Gasteiger partial charge in [-0.3, -0.25) is 0 Å². The molecule has 0 saturated carbocycles. The normalized spacial score (nSPS) is 23.3. The van der Waals surface area contributed by atoms with Crippen molar-refractivity contribution < 1.29 is 5.11 Å². The fraction of sp³-hybridized carbons (Fsp3) is 0.533. The van der Waals surface area contributed by atoms with Gasteiger partial charge in [0.2, 0.25) is 0 Å². The molecule has 4 nitrogen and oxygen atoms in total. The number of imidazole rings is 1. The quantitative estimate of drug-likeness (QED) is 0.878. The van der Waals surface area contributed by atoms with Crippen LogP contribution in [-0.2, 0) is 12.0 Å². The van der Waals surface area contributed by atoms with Crippen molar-refractivity contribution in [1.82, 2.24) is 14.9 Å². The molecule has 1 aromatic carbocycles. The van der Waals surface area contributed by atoms with Crippen molar-refractivity contribution in [2.75, 3.05) is 19.7 Å². The van der Waals surface area contributed by atoms with E-state index >= 15 is 0 Å². The van der Waals surface area contributed by atoms with E-state index in [1.54, 1.807) is 0 Å². The highest BCUT2D eigenvalue weighted by atomic mass is 16.3. The maximum Gasteiger partial charge on any atom is 0.117 e. The Labute approximate surface area is 113 Å². The van der Waals surface area contributed by atoms with Gasteiger partial charge in [0.15, 0.2) is 0 Å². The lowest BCUT2D eigenvalue weighted by Gasteiger charge is -2.27. The van der Waals surface area contributed by atoms with E-state index in [1.807, 2.05) is 12.1 Å². The van der Waals surface area contributed by atoms with Gasteiger partial charge >= 0.3 is 0 Å². The first-order chi connectivity index (χ1) is 9.30. The van der Waals surface area contributed by atoms with Crippen LogP contribution in [-0.4, -0.2) is 34.4 Å². The van der Waals surface area contributed by atoms with E-state index in [0.29, 0.717) is 6.54 Å². The summed E-state index contributed by atoms with van der Waals surface area (Å²) in [6.07, 6.45) is 2.20. The molecule has 2 N–H and O–H groups in total. The SMILES string of the molecule is CCC1(c2nc3ccccc3n2CCO)CCNC1. The Bertz CT molecular complexity index is 570. The second-order valence-electron chi connectivity index (χ2n) is 5.36. The Kier molecular flexibility index (Phi) is 3.29. The molecule has 0 radical (unpaired) electrons. The Morgan fingerprint density at radius 2 is 2.26 bits per heavy atom. The van der Waals surface area contributed by atoms with Gasteiger partial charge in [0.1, 0.15) is 5.82 Å². The molecule has 3 rings (SSSR count). The van der Waals surface area contributed by atoms with Gasteiger partial charge in [0.05, 0.1) is 17.6 Å². The highest BCUT2D eigenvalue weighted by Gasteiger charge is 2.38. The van der Waals surface area contributed by atoms with Crippen molar-refractivity contribution in [2.24, 2.45) is 0 Å². The zero-order valence-electron chi connectivity index (χ0n) is 11.4. The van der Waals surface area contributed by atoms with Crippen molar-refractivity contribution >= 4 is 11.0 Å². The summed E-state index contributed by atoms with van der Waals surface area (Å²) in [5, 5.41) is 12.8. The van der Waals surface area contributed by atoms with E-state index in [-0.39, 0.29) is 12.0 Å². The minimum Gasteiger partial charge on any atom is -0.395 e. The molecule has 2 heterocycles. The molecule has 0 spiro atoms. The smallest absolute Gasteiger partial charge is 0.117 e. The molecule has 0 bridgehead atoms. The number of para-hydroxylation sites is 2. The van der Waals surface area contributed by atoms with E-state index in [4.69, 9.17) is 4.98 Å². The molecule has 4 heteroatoms. The largest absolute Gasteiger partial charge is 0.395 e. The number of nitrogens with zero attached hydrogens (tertiary/aromatic N) is 2. The monoisotopic (exact) mass is 259 g/mol. The van der Waals surface area contributed by atoms with Gasteiger partial charge in [-0.15, -0.1) is 0 Å².